The maximum atomic E-state index is 11.2. The van der Waals surface area contributed by atoms with E-state index in [9.17, 15) is 10.1 Å². The molecule has 2 aliphatic rings. The Morgan fingerprint density at radius 1 is 0.909 bits per heavy atom. The zero-order valence-electron chi connectivity index (χ0n) is 18.0. The molecule has 0 atom stereocenters. The van der Waals surface area contributed by atoms with Gasteiger partial charge in [0.1, 0.15) is 12.0 Å². The van der Waals surface area contributed by atoms with E-state index in [-0.39, 0.29) is 11.7 Å². The third-order valence-electron chi connectivity index (χ3n) is 6.70. The Kier molecular flexibility index (Phi) is 4.73. The third-order valence-corrected chi connectivity index (χ3v) is 6.70. The molecule has 2 aromatic carbocycles. The molecule has 1 aliphatic carbocycles. The number of hydrogen-bond donors (Lipinski definition) is 0. The van der Waals surface area contributed by atoms with Gasteiger partial charge in [0.25, 0.3) is 5.69 Å². The minimum absolute atomic E-state index is 0.0473. The first-order valence-electron chi connectivity index (χ1n) is 11.1. The van der Waals surface area contributed by atoms with Crippen molar-refractivity contribution in [2.45, 2.75) is 32.0 Å². The number of rotatable bonds is 3. The van der Waals surface area contributed by atoms with E-state index in [0.717, 1.165) is 25.2 Å². The van der Waals surface area contributed by atoms with Crippen molar-refractivity contribution in [2.24, 2.45) is 0 Å². The normalized spacial score (nSPS) is 15.9. The van der Waals surface area contributed by atoms with E-state index in [4.69, 9.17) is 0 Å². The predicted octanol–water partition coefficient (Wildman–Crippen LogP) is 3.95. The maximum Gasteiger partial charge on any atom is 0.288 e. The van der Waals surface area contributed by atoms with E-state index >= 15 is 0 Å². The summed E-state index contributed by atoms with van der Waals surface area (Å²) >= 11 is 0. The summed E-state index contributed by atoms with van der Waals surface area (Å²) in [6.07, 6.45) is 4.93. The van der Waals surface area contributed by atoms with Gasteiger partial charge in [0.15, 0.2) is 5.82 Å². The standard InChI is InChI=1S/C25H22N6O2/c32-31(33)20-13-19(14-26-15-20)25-28-27-23-16-29(11-12-30(23)25)24-21-7-3-1-5-17(21)9-10-18-6-2-4-8-22(18)24/h1-8,13-15,24H,9-12,16H2. The van der Waals surface area contributed by atoms with Crippen LogP contribution in [0.5, 0.6) is 0 Å². The van der Waals surface area contributed by atoms with E-state index in [1.807, 2.05) is 0 Å². The summed E-state index contributed by atoms with van der Waals surface area (Å²) in [5.41, 5.74) is 6.08. The van der Waals surface area contributed by atoms with Gasteiger partial charge in [-0.05, 0) is 35.1 Å². The van der Waals surface area contributed by atoms with E-state index in [2.05, 4.69) is 73.2 Å². The summed E-state index contributed by atoms with van der Waals surface area (Å²) in [5, 5.41) is 20.0. The Hall–Kier alpha value is -3.91. The highest BCUT2D eigenvalue weighted by Gasteiger charge is 2.32. The Labute approximate surface area is 190 Å². The van der Waals surface area contributed by atoms with Crippen LogP contribution in [0.3, 0.4) is 0 Å². The lowest BCUT2D eigenvalue weighted by molar-refractivity contribution is -0.385. The number of pyridine rings is 1. The zero-order valence-corrected chi connectivity index (χ0v) is 18.0. The molecule has 0 amide bonds. The predicted molar refractivity (Wildman–Crippen MR) is 122 cm³/mol. The van der Waals surface area contributed by atoms with Crippen LogP contribution in [-0.4, -0.2) is 36.1 Å². The summed E-state index contributed by atoms with van der Waals surface area (Å²) < 4.78 is 2.06. The van der Waals surface area contributed by atoms with Gasteiger partial charge in [0.2, 0.25) is 0 Å². The fraction of sp³-hybridized carbons (Fsp3) is 0.240. The van der Waals surface area contributed by atoms with Crippen LogP contribution in [-0.2, 0) is 25.9 Å². The molecule has 0 spiro atoms. The van der Waals surface area contributed by atoms with E-state index in [1.54, 1.807) is 6.20 Å². The second-order valence-corrected chi connectivity index (χ2v) is 8.55. The average Bonchev–Trinajstić information content (AvgIpc) is 3.20. The van der Waals surface area contributed by atoms with Gasteiger partial charge in [-0.3, -0.25) is 20.0 Å². The molecular weight excluding hydrogens is 416 g/mol. The number of aryl methyl sites for hydroxylation is 2. The molecule has 0 bridgehead atoms. The van der Waals surface area contributed by atoms with Gasteiger partial charge in [-0.15, -0.1) is 10.2 Å². The summed E-state index contributed by atoms with van der Waals surface area (Å²) in [6.45, 7) is 2.19. The van der Waals surface area contributed by atoms with Crippen molar-refractivity contribution in [3.8, 4) is 11.4 Å². The summed E-state index contributed by atoms with van der Waals surface area (Å²) in [7, 11) is 0. The second-order valence-electron chi connectivity index (χ2n) is 8.55. The highest BCUT2D eigenvalue weighted by molar-refractivity contribution is 5.57. The van der Waals surface area contributed by atoms with Crippen molar-refractivity contribution in [3.63, 3.8) is 0 Å². The third kappa shape index (κ3) is 3.39. The molecule has 0 fully saturated rings. The summed E-state index contributed by atoms with van der Waals surface area (Å²) in [5.74, 6) is 1.49. The van der Waals surface area contributed by atoms with Gasteiger partial charge in [-0.25, -0.2) is 0 Å². The Bertz CT molecular complexity index is 1320. The van der Waals surface area contributed by atoms with Gasteiger partial charge in [0.05, 0.1) is 17.5 Å². The molecule has 0 radical (unpaired) electrons. The van der Waals surface area contributed by atoms with Crippen molar-refractivity contribution in [1.29, 1.82) is 0 Å². The fourth-order valence-electron chi connectivity index (χ4n) is 5.15. The summed E-state index contributed by atoms with van der Waals surface area (Å²) in [4.78, 5) is 17.2. The first kappa shape index (κ1) is 19.8. The van der Waals surface area contributed by atoms with Crippen molar-refractivity contribution < 1.29 is 4.92 Å². The van der Waals surface area contributed by atoms with Crippen LogP contribution in [0.2, 0.25) is 0 Å². The van der Waals surface area contributed by atoms with Crippen LogP contribution in [0.1, 0.15) is 34.1 Å². The number of benzene rings is 2. The number of nitro groups is 1. The zero-order chi connectivity index (χ0) is 22.4. The van der Waals surface area contributed by atoms with Gasteiger partial charge in [0, 0.05) is 30.9 Å². The minimum atomic E-state index is -0.438. The van der Waals surface area contributed by atoms with Crippen LogP contribution in [0.15, 0.2) is 67.0 Å². The lowest BCUT2D eigenvalue weighted by atomic mass is 9.93. The average molecular weight is 438 g/mol. The molecular formula is C25H22N6O2. The van der Waals surface area contributed by atoms with Crippen molar-refractivity contribution >= 4 is 5.69 Å². The number of fused-ring (bicyclic) bond motifs is 3. The fourth-order valence-corrected chi connectivity index (χ4v) is 5.15. The molecule has 0 N–H and O–H groups in total. The molecule has 3 heterocycles. The Morgan fingerprint density at radius 3 is 2.30 bits per heavy atom. The lowest BCUT2D eigenvalue weighted by Crippen LogP contribution is -2.37. The lowest BCUT2D eigenvalue weighted by Gasteiger charge is -2.36. The Balaban J connectivity index is 1.38. The van der Waals surface area contributed by atoms with Crippen LogP contribution >= 0.6 is 0 Å². The largest absolute Gasteiger partial charge is 0.309 e. The van der Waals surface area contributed by atoms with E-state index < -0.39 is 4.92 Å². The molecule has 1 aliphatic heterocycles. The Morgan fingerprint density at radius 2 is 1.61 bits per heavy atom. The van der Waals surface area contributed by atoms with E-state index in [1.165, 1.54) is 34.5 Å². The second kappa shape index (κ2) is 7.90. The van der Waals surface area contributed by atoms with E-state index in [0.29, 0.717) is 24.5 Å². The minimum Gasteiger partial charge on any atom is -0.309 e. The molecule has 8 nitrogen and oxygen atoms in total. The molecule has 33 heavy (non-hydrogen) atoms. The topological polar surface area (TPSA) is 90.0 Å². The van der Waals surface area contributed by atoms with Crippen LogP contribution in [0.25, 0.3) is 11.4 Å². The first-order chi connectivity index (χ1) is 16.2. The number of aromatic nitrogens is 4. The van der Waals surface area contributed by atoms with Gasteiger partial charge < -0.3 is 4.57 Å². The number of nitrogens with zero attached hydrogens (tertiary/aromatic N) is 6. The van der Waals surface area contributed by atoms with Gasteiger partial charge >= 0.3 is 0 Å². The van der Waals surface area contributed by atoms with Crippen LogP contribution in [0, 0.1) is 10.1 Å². The molecule has 164 valence electrons. The molecule has 0 saturated heterocycles. The number of hydrogen-bond acceptors (Lipinski definition) is 6. The molecule has 0 unspecified atom stereocenters. The van der Waals surface area contributed by atoms with Crippen LogP contribution in [0.4, 0.5) is 5.69 Å². The quantitative estimate of drug-likeness (QED) is 0.355. The molecule has 8 heteroatoms. The molecule has 0 saturated carbocycles. The van der Waals surface area contributed by atoms with Crippen molar-refractivity contribution in [2.75, 3.05) is 6.54 Å². The summed E-state index contributed by atoms with van der Waals surface area (Å²) in [6, 6.07) is 19.2. The van der Waals surface area contributed by atoms with Crippen molar-refractivity contribution in [3.05, 3.63) is 105 Å². The highest BCUT2D eigenvalue weighted by atomic mass is 16.6. The van der Waals surface area contributed by atoms with Gasteiger partial charge in [-0.2, -0.15) is 0 Å². The smallest absolute Gasteiger partial charge is 0.288 e. The molecule has 4 aromatic rings. The highest BCUT2D eigenvalue weighted by Crippen LogP contribution is 2.38. The molecule has 6 rings (SSSR count). The van der Waals surface area contributed by atoms with Crippen molar-refractivity contribution in [1.82, 2.24) is 24.6 Å². The monoisotopic (exact) mass is 438 g/mol. The SMILES string of the molecule is O=[N+]([O-])c1cncc(-c2nnc3n2CCN(C2c4ccccc4CCc4ccccc42)C3)c1. The van der Waals surface area contributed by atoms with Gasteiger partial charge in [-0.1, -0.05) is 48.5 Å². The molecule has 2 aromatic heterocycles. The van der Waals surface area contributed by atoms with Crippen LogP contribution < -0.4 is 0 Å². The maximum absolute atomic E-state index is 11.2. The first-order valence-corrected chi connectivity index (χ1v) is 11.1.